The van der Waals surface area contributed by atoms with Crippen LogP contribution >= 0.6 is 11.3 Å². The maximum absolute atomic E-state index is 13.2. The van der Waals surface area contributed by atoms with Gasteiger partial charge in [-0.15, -0.1) is 11.3 Å². The number of thiazole rings is 1. The van der Waals surface area contributed by atoms with Gasteiger partial charge in [0.1, 0.15) is 4.88 Å². The number of carbonyl (C=O) groups is 2. The summed E-state index contributed by atoms with van der Waals surface area (Å²) in [5, 5.41) is 0.886. The minimum Gasteiger partial charge on any atom is -0.341 e. The van der Waals surface area contributed by atoms with Gasteiger partial charge in [0.2, 0.25) is 5.91 Å². The average Bonchev–Trinajstić information content (AvgIpc) is 3.07. The molecule has 1 fully saturated rings. The molecule has 6 nitrogen and oxygen atoms in total. The molecule has 4 rings (SSSR count). The molecule has 166 valence electrons. The number of hydrogen-bond donors (Lipinski definition) is 0. The monoisotopic (exact) mass is 448 g/mol. The van der Waals surface area contributed by atoms with Gasteiger partial charge < -0.3 is 9.80 Å². The molecule has 3 heterocycles. The van der Waals surface area contributed by atoms with E-state index in [9.17, 15) is 9.59 Å². The average molecular weight is 449 g/mol. The van der Waals surface area contributed by atoms with Crippen LogP contribution in [0.15, 0.2) is 48.8 Å². The Labute approximate surface area is 192 Å². The lowest BCUT2D eigenvalue weighted by molar-refractivity contribution is -0.134. The number of pyridine rings is 1. The van der Waals surface area contributed by atoms with Crippen molar-refractivity contribution in [2.24, 2.45) is 5.92 Å². The fourth-order valence-corrected chi connectivity index (χ4v) is 5.11. The first kappa shape index (κ1) is 22.1. The first-order valence-electron chi connectivity index (χ1n) is 11.0. The predicted molar refractivity (Wildman–Crippen MR) is 127 cm³/mol. The van der Waals surface area contributed by atoms with Crippen LogP contribution in [0.25, 0.3) is 11.1 Å². The number of likely N-dealkylation sites (N-methyl/N-ethyl adjacent to an activating group) is 1. The highest BCUT2D eigenvalue weighted by Crippen LogP contribution is 2.24. The molecule has 0 spiro atoms. The second kappa shape index (κ2) is 9.61. The summed E-state index contributed by atoms with van der Waals surface area (Å²) in [5.74, 6) is -0.160. The van der Waals surface area contributed by atoms with E-state index in [4.69, 9.17) is 0 Å². The molecule has 1 aliphatic heterocycles. The smallest absolute Gasteiger partial charge is 0.265 e. The van der Waals surface area contributed by atoms with Crippen molar-refractivity contribution in [2.75, 3.05) is 26.2 Å². The van der Waals surface area contributed by atoms with Gasteiger partial charge in [-0.2, -0.15) is 0 Å². The van der Waals surface area contributed by atoms with E-state index in [1.165, 1.54) is 11.3 Å². The zero-order valence-electron chi connectivity index (χ0n) is 18.7. The molecule has 0 N–H and O–H groups in total. The third-order valence-corrected chi connectivity index (χ3v) is 7.00. The molecule has 2 amide bonds. The highest BCUT2D eigenvalue weighted by atomic mass is 32.1. The third kappa shape index (κ3) is 4.72. The molecule has 0 bridgehead atoms. The SMILES string of the molecule is CCN1CCN(C(=O)c2sc(C)nc2C)C[C@@H](Cc2ccc(-c3cccnc3)cc2)C1=O. The van der Waals surface area contributed by atoms with Crippen LogP contribution in [-0.4, -0.2) is 57.8 Å². The van der Waals surface area contributed by atoms with Crippen molar-refractivity contribution >= 4 is 23.2 Å². The summed E-state index contributed by atoms with van der Waals surface area (Å²) >= 11 is 1.43. The summed E-state index contributed by atoms with van der Waals surface area (Å²) in [6.07, 6.45) is 4.21. The van der Waals surface area contributed by atoms with Gasteiger partial charge in [0.05, 0.1) is 16.6 Å². The number of hydrogen-bond acceptors (Lipinski definition) is 5. The van der Waals surface area contributed by atoms with Crippen LogP contribution < -0.4 is 0 Å². The standard InChI is InChI=1S/C25H28N4O2S/c1-4-28-12-13-29(25(31)23-17(2)27-18(3)32-23)16-22(24(28)30)14-19-7-9-20(10-8-19)21-6-5-11-26-15-21/h5-11,15,22H,4,12-14,16H2,1-3H3/t22-/m1/s1. The third-order valence-electron chi connectivity index (χ3n) is 5.94. The van der Waals surface area contributed by atoms with E-state index >= 15 is 0 Å². The molecule has 32 heavy (non-hydrogen) atoms. The van der Waals surface area contributed by atoms with Crippen molar-refractivity contribution in [2.45, 2.75) is 27.2 Å². The van der Waals surface area contributed by atoms with Gasteiger partial charge in [-0.05, 0) is 49.9 Å². The lowest BCUT2D eigenvalue weighted by Crippen LogP contribution is -2.37. The summed E-state index contributed by atoms with van der Waals surface area (Å²) in [5.41, 5.74) is 4.01. The van der Waals surface area contributed by atoms with Gasteiger partial charge in [-0.1, -0.05) is 30.3 Å². The lowest BCUT2D eigenvalue weighted by atomic mass is 9.96. The Morgan fingerprint density at radius 1 is 1.12 bits per heavy atom. The Hall–Kier alpha value is -3.06. The van der Waals surface area contributed by atoms with E-state index in [1.807, 2.05) is 48.9 Å². The van der Waals surface area contributed by atoms with Crippen LogP contribution in [0.2, 0.25) is 0 Å². The first-order chi connectivity index (χ1) is 15.5. The molecule has 0 unspecified atom stereocenters. The van der Waals surface area contributed by atoms with Crippen LogP contribution in [0.3, 0.4) is 0 Å². The number of aromatic nitrogens is 2. The van der Waals surface area contributed by atoms with Crippen LogP contribution in [0.1, 0.15) is 32.9 Å². The molecule has 7 heteroatoms. The van der Waals surface area contributed by atoms with Crippen LogP contribution in [0, 0.1) is 19.8 Å². The summed E-state index contributed by atoms with van der Waals surface area (Å²) in [4.78, 5) is 39.4. The van der Waals surface area contributed by atoms with E-state index in [0.29, 0.717) is 37.5 Å². The summed E-state index contributed by atoms with van der Waals surface area (Å²) in [6, 6.07) is 12.2. The number of aryl methyl sites for hydroxylation is 2. The van der Waals surface area contributed by atoms with Gasteiger partial charge in [-0.3, -0.25) is 14.6 Å². The predicted octanol–water partition coefficient (Wildman–Crippen LogP) is 3.99. The fraction of sp³-hybridized carbons (Fsp3) is 0.360. The van der Waals surface area contributed by atoms with E-state index in [2.05, 4.69) is 34.2 Å². The molecule has 0 saturated carbocycles. The highest BCUT2D eigenvalue weighted by molar-refractivity contribution is 7.13. The van der Waals surface area contributed by atoms with Crippen molar-refractivity contribution in [3.05, 3.63) is 69.9 Å². The van der Waals surface area contributed by atoms with Crippen molar-refractivity contribution in [3.8, 4) is 11.1 Å². The molecule has 3 aromatic rings. The van der Waals surface area contributed by atoms with Gasteiger partial charge in [-0.25, -0.2) is 4.98 Å². The number of amides is 2. The quantitative estimate of drug-likeness (QED) is 0.592. The van der Waals surface area contributed by atoms with Crippen molar-refractivity contribution in [1.82, 2.24) is 19.8 Å². The van der Waals surface area contributed by atoms with Crippen LogP contribution in [0.4, 0.5) is 0 Å². The topological polar surface area (TPSA) is 66.4 Å². The van der Waals surface area contributed by atoms with E-state index < -0.39 is 0 Å². The normalized spacial score (nSPS) is 16.8. The highest BCUT2D eigenvalue weighted by Gasteiger charge is 2.33. The fourth-order valence-electron chi connectivity index (χ4n) is 4.22. The Morgan fingerprint density at radius 3 is 2.53 bits per heavy atom. The van der Waals surface area contributed by atoms with E-state index in [-0.39, 0.29) is 17.7 Å². The summed E-state index contributed by atoms with van der Waals surface area (Å²) in [6.45, 7) is 7.97. The van der Waals surface area contributed by atoms with Crippen molar-refractivity contribution < 1.29 is 9.59 Å². The minimum atomic E-state index is -0.264. The maximum Gasteiger partial charge on any atom is 0.265 e. The molecule has 1 saturated heterocycles. The molecule has 1 aliphatic rings. The van der Waals surface area contributed by atoms with Gasteiger partial charge in [0.25, 0.3) is 5.91 Å². The zero-order valence-corrected chi connectivity index (χ0v) is 19.6. The Kier molecular flexibility index (Phi) is 6.65. The van der Waals surface area contributed by atoms with Crippen molar-refractivity contribution in [1.29, 1.82) is 0 Å². The minimum absolute atomic E-state index is 0.0178. The Morgan fingerprint density at radius 2 is 1.91 bits per heavy atom. The van der Waals surface area contributed by atoms with Crippen molar-refractivity contribution in [3.63, 3.8) is 0 Å². The summed E-state index contributed by atoms with van der Waals surface area (Å²) < 4.78 is 0. The largest absolute Gasteiger partial charge is 0.341 e. The molecule has 1 atom stereocenters. The van der Waals surface area contributed by atoms with Crippen LogP contribution in [0.5, 0.6) is 0 Å². The van der Waals surface area contributed by atoms with E-state index in [0.717, 1.165) is 27.4 Å². The first-order valence-corrected chi connectivity index (χ1v) is 11.8. The Bertz CT molecular complexity index is 1090. The maximum atomic E-state index is 13.2. The zero-order chi connectivity index (χ0) is 22.7. The number of nitrogens with zero attached hydrogens (tertiary/aromatic N) is 4. The molecule has 1 aromatic carbocycles. The molecular formula is C25H28N4O2S. The van der Waals surface area contributed by atoms with Gasteiger partial charge >= 0.3 is 0 Å². The lowest BCUT2D eigenvalue weighted by Gasteiger charge is -2.23. The van der Waals surface area contributed by atoms with Crippen LogP contribution in [-0.2, 0) is 11.2 Å². The summed E-state index contributed by atoms with van der Waals surface area (Å²) in [7, 11) is 0. The number of carbonyl (C=O) groups excluding carboxylic acids is 2. The molecular weight excluding hydrogens is 420 g/mol. The molecule has 2 aromatic heterocycles. The molecule has 0 radical (unpaired) electrons. The number of benzene rings is 1. The second-order valence-corrected chi connectivity index (χ2v) is 9.36. The Balaban J connectivity index is 1.54. The second-order valence-electron chi connectivity index (χ2n) is 8.16. The van der Waals surface area contributed by atoms with Gasteiger partial charge in [0, 0.05) is 38.6 Å². The van der Waals surface area contributed by atoms with Gasteiger partial charge in [0.15, 0.2) is 0 Å². The number of rotatable bonds is 5. The molecule has 0 aliphatic carbocycles. The van der Waals surface area contributed by atoms with E-state index in [1.54, 1.807) is 6.20 Å².